The number of aromatic nitrogens is 1. The molecular weight excluding hydrogens is 364 g/mol. The van der Waals surface area contributed by atoms with E-state index in [1.165, 1.54) is 18.2 Å². The maximum absolute atomic E-state index is 13.1. The van der Waals surface area contributed by atoms with E-state index in [2.05, 4.69) is 21.6 Å². The van der Waals surface area contributed by atoms with E-state index in [-0.39, 0.29) is 23.4 Å². The molecule has 1 aromatic heterocycles. The Morgan fingerprint density at radius 3 is 2.96 bits per heavy atom. The zero-order chi connectivity index (χ0) is 19.3. The highest BCUT2D eigenvalue weighted by Crippen LogP contribution is 2.24. The lowest BCUT2D eigenvalue weighted by Crippen LogP contribution is -2.48. The molecule has 1 aliphatic rings. The van der Waals surface area contributed by atoms with E-state index in [4.69, 9.17) is 0 Å². The minimum atomic E-state index is -3.69. The van der Waals surface area contributed by atoms with Crippen molar-refractivity contribution in [2.24, 2.45) is 0 Å². The molecule has 1 amide bonds. The highest BCUT2D eigenvalue weighted by Gasteiger charge is 2.29. The molecule has 0 saturated carbocycles. The molecule has 2 N–H and O–H groups in total. The lowest BCUT2D eigenvalue weighted by Gasteiger charge is -2.36. The molecule has 7 nitrogen and oxygen atoms in total. The predicted octanol–water partition coefficient (Wildman–Crippen LogP) is 1.33. The van der Waals surface area contributed by atoms with Crippen LogP contribution in [-0.4, -0.2) is 50.4 Å². The second kappa shape index (κ2) is 8.43. The van der Waals surface area contributed by atoms with Crippen molar-refractivity contribution in [3.05, 3.63) is 72.6 Å². The molecule has 1 unspecified atom stereocenters. The minimum Gasteiger partial charge on any atom is -0.329 e. The molecular formula is C19H22N4O3S. The molecule has 0 spiro atoms. The Bertz CT molecular complexity index is 916. The van der Waals surface area contributed by atoms with Gasteiger partial charge in [-0.25, -0.2) is 13.1 Å². The summed E-state index contributed by atoms with van der Waals surface area (Å²) in [5.41, 5.74) is 1.28. The van der Waals surface area contributed by atoms with E-state index in [0.29, 0.717) is 25.2 Å². The Kier molecular flexibility index (Phi) is 6.00. The van der Waals surface area contributed by atoms with Crippen molar-refractivity contribution in [2.75, 3.05) is 26.2 Å². The summed E-state index contributed by atoms with van der Waals surface area (Å²) in [6.45, 7) is 5.46. The lowest BCUT2D eigenvalue weighted by molar-refractivity contribution is 0.0633. The summed E-state index contributed by atoms with van der Waals surface area (Å²) in [4.78, 5) is 19.1. The molecule has 142 valence electrons. The second-order valence-electron chi connectivity index (χ2n) is 6.17. The van der Waals surface area contributed by atoms with Crippen molar-refractivity contribution in [1.29, 1.82) is 0 Å². The molecule has 1 atom stereocenters. The van der Waals surface area contributed by atoms with Gasteiger partial charge in [0.15, 0.2) is 0 Å². The zero-order valence-electron chi connectivity index (χ0n) is 14.8. The van der Waals surface area contributed by atoms with Crippen molar-refractivity contribution in [3.8, 4) is 0 Å². The fourth-order valence-corrected chi connectivity index (χ4v) is 4.08. The Morgan fingerprint density at radius 2 is 2.22 bits per heavy atom. The van der Waals surface area contributed by atoms with E-state index in [9.17, 15) is 13.2 Å². The van der Waals surface area contributed by atoms with Gasteiger partial charge < -0.3 is 10.2 Å². The van der Waals surface area contributed by atoms with Gasteiger partial charge in [-0.15, -0.1) is 6.58 Å². The average Bonchev–Trinajstić information content (AvgIpc) is 2.72. The van der Waals surface area contributed by atoms with Crippen LogP contribution in [0.2, 0.25) is 0 Å². The third-order valence-electron chi connectivity index (χ3n) is 4.38. The van der Waals surface area contributed by atoms with Gasteiger partial charge in [-0.2, -0.15) is 0 Å². The topological polar surface area (TPSA) is 91.4 Å². The van der Waals surface area contributed by atoms with Crippen molar-refractivity contribution in [1.82, 2.24) is 19.9 Å². The van der Waals surface area contributed by atoms with E-state index in [1.807, 2.05) is 12.1 Å². The van der Waals surface area contributed by atoms with Crippen LogP contribution in [0.3, 0.4) is 0 Å². The maximum Gasteiger partial charge on any atom is 0.254 e. The van der Waals surface area contributed by atoms with E-state index >= 15 is 0 Å². The number of rotatable bonds is 6. The Balaban J connectivity index is 1.88. The van der Waals surface area contributed by atoms with Gasteiger partial charge in [0.1, 0.15) is 0 Å². The van der Waals surface area contributed by atoms with Crippen molar-refractivity contribution in [2.45, 2.75) is 10.9 Å². The monoisotopic (exact) mass is 386 g/mol. The van der Waals surface area contributed by atoms with E-state index in [1.54, 1.807) is 29.4 Å². The standard InChI is InChI=1S/C19H22N4O3S/c1-2-8-22-27(25,26)17-7-3-5-15(12-17)19(24)23-11-10-21-14-18(23)16-6-4-9-20-13-16/h2-7,9,12-13,18,21-22H,1,8,10-11,14H2. The first kappa shape index (κ1) is 19.2. The summed E-state index contributed by atoms with van der Waals surface area (Å²) < 4.78 is 27.1. The quantitative estimate of drug-likeness (QED) is 0.731. The van der Waals surface area contributed by atoms with Crippen LogP contribution < -0.4 is 10.0 Å². The number of nitrogens with zero attached hydrogens (tertiary/aromatic N) is 2. The van der Waals surface area contributed by atoms with Crippen molar-refractivity contribution in [3.63, 3.8) is 0 Å². The summed E-state index contributed by atoms with van der Waals surface area (Å²) >= 11 is 0. The third kappa shape index (κ3) is 4.41. The molecule has 1 aromatic carbocycles. The fraction of sp³-hybridized carbons (Fsp3) is 0.263. The SMILES string of the molecule is C=CCNS(=O)(=O)c1cccc(C(=O)N2CCNCC2c2cccnc2)c1. The van der Waals surface area contributed by atoms with Crippen LogP contribution >= 0.6 is 0 Å². The van der Waals surface area contributed by atoms with Crippen LogP contribution in [0.1, 0.15) is 22.0 Å². The van der Waals surface area contributed by atoms with Crippen molar-refractivity contribution < 1.29 is 13.2 Å². The van der Waals surface area contributed by atoms with Gasteiger partial charge in [-0.1, -0.05) is 18.2 Å². The number of carbonyl (C=O) groups excluding carboxylic acids is 1. The van der Waals surface area contributed by atoms with Gasteiger partial charge in [0, 0.05) is 44.1 Å². The van der Waals surface area contributed by atoms with Gasteiger partial charge >= 0.3 is 0 Å². The highest BCUT2D eigenvalue weighted by atomic mass is 32.2. The molecule has 1 fully saturated rings. The number of hydrogen-bond acceptors (Lipinski definition) is 5. The minimum absolute atomic E-state index is 0.0586. The normalized spacial score (nSPS) is 17.5. The number of hydrogen-bond donors (Lipinski definition) is 2. The number of piperazine rings is 1. The van der Waals surface area contributed by atoms with Crippen LogP contribution in [0.15, 0.2) is 66.3 Å². The van der Waals surface area contributed by atoms with Gasteiger partial charge in [-0.3, -0.25) is 9.78 Å². The molecule has 27 heavy (non-hydrogen) atoms. The van der Waals surface area contributed by atoms with Gasteiger partial charge in [0.25, 0.3) is 5.91 Å². The Morgan fingerprint density at radius 1 is 1.37 bits per heavy atom. The fourth-order valence-electron chi connectivity index (χ4n) is 3.03. The van der Waals surface area contributed by atoms with Crippen LogP contribution in [-0.2, 0) is 10.0 Å². The van der Waals surface area contributed by atoms with Crippen LogP contribution in [0, 0.1) is 0 Å². The summed E-state index contributed by atoms with van der Waals surface area (Å²) in [6, 6.07) is 9.72. The maximum atomic E-state index is 13.1. The zero-order valence-corrected chi connectivity index (χ0v) is 15.7. The van der Waals surface area contributed by atoms with Crippen molar-refractivity contribution >= 4 is 15.9 Å². The molecule has 2 heterocycles. The summed E-state index contributed by atoms with van der Waals surface area (Å²) in [6.07, 6.45) is 4.90. The molecule has 1 saturated heterocycles. The average molecular weight is 386 g/mol. The Labute approximate surface area is 159 Å². The van der Waals surface area contributed by atoms with Crippen LogP contribution in [0.25, 0.3) is 0 Å². The first-order valence-corrected chi connectivity index (χ1v) is 10.1. The first-order valence-electron chi connectivity index (χ1n) is 8.65. The Hall–Kier alpha value is -2.55. The summed E-state index contributed by atoms with van der Waals surface area (Å²) in [7, 11) is -3.69. The van der Waals surface area contributed by atoms with Gasteiger partial charge in [-0.05, 0) is 29.8 Å². The van der Waals surface area contributed by atoms with Crippen LogP contribution in [0.4, 0.5) is 0 Å². The number of carbonyl (C=O) groups is 1. The summed E-state index contributed by atoms with van der Waals surface area (Å²) in [5.74, 6) is -0.203. The van der Waals surface area contributed by atoms with E-state index < -0.39 is 10.0 Å². The van der Waals surface area contributed by atoms with Gasteiger partial charge in [0.2, 0.25) is 10.0 Å². The molecule has 2 aromatic rings. The second-order valence-corrected chi connectivity index (χ2v) is 7.94. The smallest absolute Gasteiger partial charge is 0.254 e. The number of amides is 1. The molecule has 0 bridgehead atoms. The largest absolute Gasteiger partial charge is 0.329 e. The molecule has 0 aliphatic carbocycles. The molecule has 8 heteroatoms. The van der Waals surface area contributed by atoms with Gasteiger partial charge in [0.05, 0.1) is 10.9 Å². The highest BCUT2D eigenvalue weighted by molar-refractivity contribution is 7.89. The molecule has 0 radical (unpaired) electrons. The molecule has 1 aliphatic heterocycles. The lowest BCUT2D eigenvalue weighted by atomic mass is 10.0. The number of nitrogens with one attached hydrogen (secondary N) is 2. The first-order chi connectivity index (χ1) is 13.0. The van der Waals surface area contributed by atoms with E-state index in [0.717, 1.165) is 5.56 Å². The number of pyridine rings is 1. The third-order valence-corrected chi connectivity index (χ3v) is 5.80. The molecule has 3 rings (SSSR count). The van der Waals surface area contributed by atoms with Crippen LogP contribution in [0.5, 0.6) is 0 Å². The predicted molar refractivity (Wildman–Crippen MR) is 103 cm³/mol. The number of benzene rings is 1. The summed E-state index contributed by atoms with van der Waals surface area (Å²) in [5, 5.41) is 3.29. The number of sulfonamides is 1.